The average molecular weight is 311 g/mol. The number of imidazole rings is 1. The molecular weight excluding hydrogens is 296 g/mol. The van der Waals surface area contributed by atoms with Gasteiger partial charge in [-0.05, 0) is 18.9 Å². The van der Waals surface area contributed by atoms with Crippen molar-refractivity contribution in [1.29, 1.82) is 0 Å². The number of fused-ring (bicyclic) bond motifs is 1. The molecule has 0 unspecified atom stereocenters. The lowest BCUT2D eigenvalue weighted by Crippen LogP contribution is -2.03. The van der Waals surface area contributed by atoms with E-state index in [1.165, 1.54) is 18.3 Å². The number of non-ortho nitro benzene ring substituents is 1. The second kappa shape index (κ2) is 7.03. The van der Waals surface area contributed by atoms with Gasteiger partial charge in [0, 0.05) is 24.6 Å². The van der Waals surface area contributed by atoms with E-state index in [0.717, 1.165) is 24.8 Å². The first kappa shape index (κ1) is 15.2. The number of oxime groups is 1. The molecule has 1 aromatic heterocycles. The summed E-state index contributed by atoms with van der Waals surface area (Å²) in [5.74, 6) is 1.10. The fourth-order valence-corrected chi connectivity index (χ4v) is 2.37. The van der Waals surface area contributed by atoms with Crippen LogP contribution in [0.25, 0.3) is 11.0 Å². The summed E-state index contributed by atoms with van der Waals surface area (Å²) in [4.78, 5) is 14.6. The van der Waals surface area contributed by atoms with Gasteiger partial charge in [-0.2, -0.15) is 0 Å². The van der Waals surface area contributed by atoms with Crippen LogP contribution in [-0.2, 0) is 6.54 Å². The predicted octanol–water partition coefficient (Wildman–Crippen LogP) is 3.16. The zero-order valence-electron chi connectivity index (χ0n) is 11.3. The van der Waals surface area contributed by atoms with Crippen molar-refractivity contribution in [2.45, 2.75) is 25.8 Å². The molecule has 0 aliphatic heterocycles. The van der Waals surface area contributed by atoms with Gasteiger partial charge in [-0.25, -0.2) is 4.98 Å². The zero-order valence-corrected chi connectivity index (χ0v) is 12.0. The summed E-state index contributed by atoms with van der Waals surface area (Å²) >= 11 is 5.65. The third-order valence-corrected chi connectivity index (χ3v) is 3.43. The predicted molar refractivity (Wildman–Crippen MR) is 80.3 cm³/mol. The summed E-state index contributed by atoms with van der Waals surface area (Å²) in [6.07, 6.45) is 4.05. The number of hydrogen-bond acceptors (Lipinski definition) is 5. The highest BCUT2D eigenvalue weighted by molar-refractivity contribution is 6.17. The second-order valence-corrected chi connectivity index (χ2v) is 4.92. The summed E-state index contributed by atoms with van der Waals surface area (Å²) in [6, 6.07) is 4.52. The Kier molecular flexibility index (Phi) is 5.10. The van der Waals surface area contributed by atoms with Crippen LogP contribution in [0.5, 0.6) is 0 Å². The summed E-state index contributed by atoms with van der Waals surface area (Å²) < 4.78 is 1.88. The van der Waals surface area contributed by atoms with Gasteiger partial charge in [0.25, 0.3) is 5.69 Å². The Balaban J connectivity index is 2.35. The lowest BCUT2D eigenvalue weighted by Gasteiger charge is -2.06. The molecule has 2 rings (SSSR count). The quantitative estimate of drug-likeness (QED) is 0.212. The van der Waals surface area contributed by atoms with Crippen molar-refractivity contribution in [3.8, 4) is 0 Å². The number of unbranched alkanes of at least 4 members (excludes halogenated alkanes) is 2. The number of alkyl halides is 1. The molecule has 0 atom stereocenters. The molecule has 112 valence electrons. The van der Waals surface area contributed by atoms with Gasteiger partial charge in [0.15, 0.2) is 5.82 Å². The molecular formula is C13H15ClN4O3. The van der Waals surface area contributed by atoms with Gasteiger partial charge in [-0.1, -0.05) is 11.6 Å². The summed E-state index contributed by atoms with van der Waals surface area (Å²) in [6.45, 7) is 0.687. The van der Waals surface area contributed by atoms with Gasteiger partial charge in [-0.15, -0.1) is 11.6 Å². The zero-order chi connectivity index (χ0) is 15.2. The minimum atomic E-state index is -0.460. The van der Waals surface area contributed by atoms with E-state index < -0.39 is 4.92 Å². The molecule has 0 bridgehead atoms. The number of aryl methyl sites for hydroxylation is 1. The molecule has 0 aliphatic rings. The molecule has 21 heavy (non-hydrogen) atoms. The van der Waals surface area contributed by atoms with Gasteiger partial charge in [0.1, 0.15) is 6.21 Å². The number of rotatable bonds is 7. The topological polar surface area (TPSA) is 93.6 Å². The molecule has 0 saturated heterocycles. The van der Waals surface area contributed by atoms with Crippen LogP contribution in [0, 0.1) is 10.1 Å². The van der Waals surface area contributed by atoms with Crippen LogP contribution in [0.2, 0.25) is 0 Å². The number of nitro benzene ring substituents is 1. The van der Waals surface area contributed by atoms with Gasteiger partial charge < -0.3 is 9.77 Å². The van der Waals surface area contributed by atoms with Crippen LogP contribution in [-0.4, -0.2) is 31.8 Å². The first-order chi connectivity index (χ1) is 10.2. The fraction of sp³-hybridized carbons (Fsp3) is 0.385. The van der Waals surface area contributed by atoms with Crippen LogP contribution in [0.1, 0.15) is 25.1 Å². The van der Waals surface area contributed by atoms with Gasteiger partial charge >= 0.3 is 0 Å². The highest BCUT2D eigenvalue weighted by atomic mass is 35.5. The van der Waals surface area contributed by atoms with Crippen molar-refractivity contribution in [1.82, 2.24) is 9.55 Å². The molecule has 0 spiro atoms. The molecule has 8 heteroatoms. The molecule has 1 heterocycles. The Morgan fingerprint density at radius 2 is 2.24 bits per heavy atom. The van der Waals surface area contributed by atoms with Crippen LogP contribution < -0.4 is 0 Å². The Hall–Kier alpha value is -2.15. The fourth-order valence-electron chi connectivity index (χ4n) is 2.18. The molecule has 2 aromatic rings. The lowest BCUT2D eigenvalue weighted by atomic mass is 10.2. The van der Waals surface area contributed by atoms with Gasteiger partial charge in [0.2, 0.25) is 0 Å². The van der Waals surface area contributed by atoms with E-state index in [9.17, 15) is 10.1 Å². The van der Waals surface area contributed by atoms with Crippen molar-refractivity contribution in [3.63, 3.8) is 0 Å². The Labute approximate surface area is 126 Å². The maximum absolute atomic E-state index is 10.8. The summed E-state index contributed by atoms with van der Waals surface area (Å²) in [5, 5.41) is 22.5. The third-order valence-electron chi connectivity index (χ3n) is 3.16. The van der Waals surface area contributed by atoms with E-state index in [1.54, 1.807) is 6.07 Å². The maximum Gasteiger partial charge on any atom is 0.271 e. The largest absolute Gasteiger partial charge is 0.411 e. The molecule has 0 aliphatic carbocycles. The van der Waals surface area contributed by atoms with E-state index in [-0.39, 0.29) is 5.69 Å². The highest BCUT2D eigenvalue weighted by Gasteiger charge is 2.13. The van der Waals surface area contributed by atoms with E-state index in [4.69, 9.17) is 16.8 Å². The van der Waals surface area contributed by atoms with Crippen LogP contribution in [0.4, 0.5) is 5.69 Å². The molecule has 0 fully saturated rings. The monoisotopic (exact) mass is 310 g/mol. The number of hydrogen-bond donors (Lipinski definition) is 1. The summed E-state index contributed by atoms with van der Waals surface area (Å²) in [5.41, 5.74) is 1.28. The van der Waals surface area contributed by atoms with E-state index >= 15 is 0 Å². The number of benzene rings is 1. The molecule has 0 saturated carbocycles. The van der Waals surface area contributed by atoms with E-state index in [0.29, 0.717) is 23.8 Å². The van der Waals surface area contributed by atoms with Crippen LogP contribution in [0.3, 0.4) is 0 Å². The minimum Gasteiger partial charge on any atom is -0.411 e. The van der Waals surface area contributed by atoms with Gasteiger partial charge in [0.05, 0.1) is 16.0 Å². The lowest BCUT2D eigenvalue weighted by molar-refractivity contribution is -0.384. The Morgan fingerprint density at radius 1 is 1.43 bits per heavy atom. The van der Waals surface area contributed by atoms with Crippen molar-refractivity contribution >= 4 is 34.5 Å². The summed E-state index contributed by atoms with van der Waals surface area (Å²) in [7, 11) is 0. The molecule has 0 amide bonds. The van der Waals surface area contributed by atoms with E-state index in [2.05, 4.69) is 10.1 Å². The van der Waals surface area contributed by atoms with Crippen LogP contribution in [0.15, 0.2) is 23.4 Å². The number of nitrogens with zero attached hydrogens (tertiary/aromatic N) is 4. The molecule has 0 radical (unpaired) electrons. The maximum atomic E-state index is 10.8. The SMILES string of the molecule is O=[N+]([O-])c1ccc2c(c1)nc(/C=N/O)n2CCCCCCl. The number of halogens is 1. The smallest absolute Gasteiger partial charge is 0.271 e. The van der Waals surface area contributed by atoms with Crippen LogP contribution >= 0.6 is 11.6 Å². The molecule has 1 N–H and O–H groups in total. The van der Waals surface area contributed by atoms with E-state index in [1.807, 2.05) is 4.57 Å². The second-order valence-electron chi connectivity index (χ2n) is 4.55. The Bertz CT molecular complexity index is 669. The standard InChI is InChI=1S/C13H15ClN4O3/c14-6-2-1-3-7-17-12-5-4-10(18(20)21)8-11(12)16-13(17)9-15-19/h4-5,8-9,19H,1-3,6-7H2/b15-9+. The Morgan fingerprint density at radius 3 is 2.90 bits per heavy atom. The normalized spacial score (nSPS) is 11.5. The first-order valence-electron chi connectivity index (χ1n) is 6.55. The number of aromatic nitrogens is 2. The highest BCUT2D eigenvalue weighted by Crippen LogP contribution is 2.22. The molecule has 1 aromatic carbocycles. The van der Waals surface area contributed by atoms with Crippen molar-refractivity contribution in [2.75, 3.05) is 5.88 Å². The van der Waals surface area contributed by atoms with Gasteiger partial charge in [-0.3, -0.25) is 10.1 Å². The van der Waals surface area contributed by atoms with Crippen molar-refractivity contribution in [2.24, 2.45) is 5.16 Å². The first-order valence-corrected chi connectivity index (χ1v) is 7.09. The third kappa shape index (κ3) is 3.49. The average Bonchev–Trinajstić information content (AvgIpc) is 2.81. The minimum absolute atomic E-state index is 0.0122. The van der Waals surface area contributed by atoms with Crippen molar-refractivity contribution < 1.29 is 10.1 Å². The molecule has 7 nitrogen and oxygen atoms in total. The number of nitro groups is 1. The van der Waals surface area contributed by atoms with Crippen molar-refractivity contribution in [3.05, 3.63) is 34.1 Å².